The van der Waals surface area contributed by atoms with Crippen LogP contribution in [-0.4, -0.2) is 27.9 Å². The highest BCUT2D eigenvalue weighted by Crippen LogP contribution is 2.41. The number of ether oxygens (including phenoxy) is 2. The summed E-state index contributed by atoms with van der Waals surface area (Å²) in [5.74, 6) is 1.19. The summed E-state index contributed by atoms with van der Waals surface area (Å²) in [7, 11) is 0. The maximum Gasteiger partial charge on any atom is 0.256 e. The zero-order valence-electron chi connectivity index (χ0n) is 23.7. The molecule has 1 aliphatic heterocycles. The third-order valence-corrected chi connectivity index (χ3v) is 8.14. The number of carbonyl (C=O) groups is 1. The van der Waals surface area contributed by atoms with Crippen molar-refractivity contribution in [3.8, 4) is 22.6 Å². The second-order valence-corrected chi connectivity index (χ2v) is 11.3. The first-order chi connectivity index (χ1) is 21.1. The average Bonchev–Trinajstić information content (AvgIpc) is 3.49. The van der Waals surface area contributed by atoms with Crippen molar-refractivity contribution in [3.63, 3.8) is 0 Å². The predicted molar refractivity (Wildman–Crippen MR) is 167 cm³/mol. The number of aliphatic hydroxyl groups is 1. The summed E-state index contributed by atoms with van der Waals surface area (Å²) in [6.07, 6.45) is -0.417. The fraction of sp³-hybridized carbons (Fsp3) is 0.200. The molecule has 2 N–H and O–H groups in total. The Kier molecular flexibility index (Phi) is 9.00. The number of thioether (sulfide) groups is 1. The summed E-state index contributed by atoms with van der Waals surface area (Å²) in [4.78, 5) is 16.6. The third-order valence-electron chi connectivity index (χ3n) is 7.18. The lowest BCUT2D eigenvalue weighted by molar-refractivity contribution is -0.245. The van der Waals surface area contributed by atoms with Crippen LogP contribution in [0.3, 0.4) is 0 Å². The van der Waals surface area contributed by atoms with Gasteiger partial charge < -0.3 is 24.3 Å². The van der Waals surface area contributed by atoms with Gasteiger partial charge in [0.1, 0.15) is 5.69 Å². The SMILES string of the molecule is CC(=O)Nc1cccc(C2OC(CSc3nc(-c4ccccc4)c(-c4ccccc4)o3)CC(c3ccc(CO)cc3)O2)c1. The highest BCUT2D eigenvalue weighted by Gasteiger charge is 2.33. The second kappa shape index (κ2) is 13.4. The van der Waals surface area contributed by atoms with Crippen molar-refractivity contribution >= 4 is 23.4 Å². The fourth-order valence-corrected chi connectivity index (χ4v) is 5.93. The number of amides is 1. The molecule has 0 saturated carbocycles. The average molecular weight is 593 g/mol. The van der Waals surface area contributed by atoms with Crippen LogP contribution in [0.4, 0.5) is 5.69 Å². The smallest absolute Gasteiger partial charge is 0.256 e. The van der Waals surface area contributed by atoms with Crippen molar-refractivity contribution in [2.45, 2.75) is 43.7 Å². The fourth-order valence-electron chi connectivity index (χ4n) is 5.09. The third kappa shape index (κ3) is 7.06. The van der Waals surface area contributed by atoms with E-state index in [-0.39, 0.29) is 24.7 Å². The van der Waals surface area contributed by atoms with Gasteiger partial charge in [0.15, 0.2) is 12.1 Å². The van der Waals surface area contributed by atoms with Gasteiger partial charge in [-0.3, -0.25) is 4.79 Å². The van der Waals surface area contributed by atoms with Gasteiger partial charge in [-0.05, 0) is 23.3 Å². The van der Waals surface area contributed by atoms with Gasteiger partial charge in [-0.1, -0.05) is 109 Å². The van der Waals surface area contributed by atoms with E-state index in [4.69, 9.17) is 18.9 Å². The van der Waals surface area contributed by atoms with Crippen LogP contribution in [0.2, 0.25) is 0 Å². The molecule has 0 spiro atoms. The van der Waals surface area contributed by atoms with Crippen molar-refractivity contribution in [3.05, 3.63) is 126 Å². The highest BCUT2D eigenvalue weighted by atomic mass is 32.2. The van der Waals surface area contributed by atoms with Gasteiger partial charge in [0.2, 0.25) is 5.91 Å². The van der Waals surface area contributed by atoms with E-state index < -0.39 is 6.29 Å². The summed E-state index contributed by atoms with van der Waals surface area (Å²) in [6, 6.07) is 35.4. The van der Waals surface area contributed by atoms with Crippen LogP contribution in [0.25, 0.3) is 22.6 Å². The molecular formula is C35H32N2O5S. The molecule has 1 aromatic heterocycles. The van der Waals surface area contributed by atoms with Gasteiger partial charge in [0.05, 0.1) is 18.8 Å². The molecule has 0 aliphatic carbocycles. The van der Waals surface area contributed by atoms with E-state index in [0.29, 0.717) is 23.1 Å². The van der Waals surface area contributed by atoms with E-state index in [9.17, 15) is 9.90 Å². The van der Waals surface area contributed by atoms with E-state index >= 15 is 0 Å². The molecule has 1 aliphatic rings. The molecule has 43 heavy (non-hydrogen) atoms. The number of rotatable bonds is 9. The van der Waals surface area contributed by atoms with Gasteiger partial charge in [0.25, 0.3) is 5.22 Å². The highest BCUT2D eigenvalue weighted by molar-refractivity contribution is 7.99. The van der Waals surface area contributed by atoms with E-state index in [1.54, 1.807) is 0 Å². The second-order valence-electron chi connectivity index (χ2n) is 10.4. The molecule has 1 amide bonds. The van der Waals surface area contributed by atoms with Crippen LogP contribution >= 0.6 is 11.8 Å². The van der Waals surface area contributed by atoms with Gasteiger partial charge in [0, 0.05) is 41.5 Å². The number of aromatic nitrogens is 1. The van der Waals surface area contributed by atoms with Gasteiger partial charge >= 0.3 is 0 Å². The van der Waals surface area contributed by atoms with Gasteiger partial charge in [-0.25, -0.2) is 4.98 Å². The molecule has 3 unspecified atom stereocenters. The molecule has 8 heteroatoms. The lowest BCUT2D eigenvalue weighted by atomic mass is 10.0. The number of aliphatic hydroxyl groups excluding tert-OH is 1. The molecule has 7 nitrogen and oxygen atoms in total. The van der Waals surface area contributed by atoms with Crippen molar-refractivity contribution in [2.24, 2.45) is 0 Å². The Labute approximate surface area is 254 Å². The maximum absolute atomic E-state index is 11.7. The maximum atomic E-state index is 11.7. The van der Waals surface area contributed by atoms with Crippen LogP contribution in [0.5, 0.6) is 0 Å². The standard InChI is InChI=1S/C35H32N2O5S/c1-23(39)36-29-14-8-13-28(19-29)34-40-30(20-31(41-34)25-17-15-24(21-38)16-18-25)22-43-35-37-32(26-9-4-2-5-10-26)33(42-35)27-11-6-3-7-12-27/h2-19,30-31,34,38H,20-22H2,1H3,(H,36,39). The molecule has 6 rings (SSSR count). The van der Waals surface area contributed by atoms with Crippen LogP contribution in [-0.2, 0) is 20.9 Å². The molecule has 1 saturated heterocycles. The normalized spacial score (nSPS) is 18.3. The van der Waals surface area contributed by atoms with E-state index in [0.717, 1.165) is 39.3 Å². The minimum Gasteiger partial charge on any atom is -0.431 e. The first-order valence-electron chi connectivity index (χ1n) is 14.2. The number of oxazole rings is 1. The lowest BCUT2D eigenvalue weighted by Gasteiger charge is -2.36. The van der Waals surface area contributed by atoms with Gasteiger partial charge in [-0.15, -0.1) is 0 Å². The quantitative estimate of drug-likeness (QED) is 0.169. The lowest BCUT2D eigenvalue weighted by Crippen LogP contribution is -2.31. The van der Waals surface area contributed by atoms with Crippen LogP contribution in [0, 0.1) is 0 Å². The largest absolute Gasteiger partial charge is 0.431 e. The Morgan fingerprint density at radius 3 is 2.30 bits per heavy atom. The number of benzene rings is 4. The Balaban J connectivity index is 1.26. The molecule has 5 aromatic rings. The van der Waals surface area contributed by atoms with Crippen molar-refractivity contribution < 1.29 is 23.8 Å². The monoisotopic (exact) mass is 592 g/mol. The van der Waals surface area contributed by atoms with Crippen molar-refractivity contribution in [1.29, 1.82) is 0 Å². The first-order valence-corrected chi connectivity index (χ1v) is 15.2. The predicted octanol–water partition coefficient (Wildman–Crippen LogP) is 7.80. The number of hydrogen-bond acceptors (Lipinski definition) is 7. The topological polar surface area (TPSA) is 93.8 Å². The summed E-state index contributed by atoms with van der Waals surface area (Å²) < 4.78 is 19.3. The number of anilines is 1. The minimum absolute atomic E-state index is 0.0150. The Morgan fingerprint density at radius 1 is 0.884 bits per heavy atom. The minimum atomic E-state index is -0.639. The van der Waals surface area contributed by atoms with Crippen LogP contribution < -0.4 is 5.32 Å². The van der Waals surface area contributed by atoms with E-state index in [1.807, 2.05) is 109 Å². The van der Waals surface area contributed by atoms with Crippen molar-refractivity contribution in [2.75, 3.05) is 11.1 Å². The molecule has 218 valence electrons. The van der Waals surface area contributed by atoms with Crippen LogP contribution in [0.15, 0.2) is 119 Å². The van der Waals surface area contributed by atoms with E-state index in [2.05, 4.69) is 5.32 Å². The molecule has 2 heterocycles. The number of nitrogens with one attached hydrogen (secondary N) is 1. The summed E-state index contributed by atoms with van der Waals surface area (Å²) in [5.41, 5.74) is 6.10. The summed E-state index contributed by atoms with van der Waals surface area (Å²) >= 11 is 1.51. The summed E-state index contributed by atoms with van der Waals surface area (Å²) in [6.45, 7) is 1.47. The molecule has 0 bridgehead atoms. The zero-order valence-corrected chi connectivity index (χ0v) is 24.5. The Hall–Kier alpha value is -4.21. The van der Waals surface area contributed by atoms with Gasteiger partial charge in [-0.2, -0.15) is 0 Å². The Bertz CT molecular complexity index is 1600. The molecule has 1 fully saturated rings. The zero-order chi connectivity index (χ0) is 29.6. The number of hydrogen-bond donors (Lipinski definition) is 2. The number of nitrogens with zero attached hydrogens (tertiary/aromatic N) is 1. The summed E-state index contributed by atoms with van der Waals surface area (Å²) in [5, 5.41) is 12.9. The van der Waals surface area contributed by atoms with E-state index in [1.165, 1.54) is 18.7 Å². The molecule has 0 radical (unpaired) electrons. The van der Waals surface area contributed by atoms with Crippen molar-refractivity contribution in [1.82, 2.24) is 4.98 Å². The molecule has 4 aromatic carbocycles. The molecular weight excluding hydrogens is 560 g/mol. The number of carbonyl (C=O) groups excluding carboxylic acids is 1. The Morgan fingerprint density at radius 2 is 1.60 bits per heavy atom. The van der Waals surface area contributed by atoms with Crippen LogP contribution in [0.1, 0.15) is 42.4 Å². The first kappa shape index (κ1) is 28.9. The molecule has 3 atom stereocenters.